The van der Waals surface area contributed by atoms with Gasteiger partial charge in [-0.25, -0.2) is 0 Å². The van der Waals surface area contributed by atoms with Crippen LogP contribution in [0, 0.1) is 0 Å². The third-order valence-corrected chi connectivity index (χ3v) is 2.80. The highest BCUT2D eigenvalue weighted by molar-refractivity contribution is 5.47. The van der Waals surface area contributed by atoms with Crippen molar-refractivity contribution in [3.63, 3.8) is 0 Å². The standard InChI is InChI=1S/C12H17N/c1-10-4-2-3-5-12(10)11-6-8-13-9-7-11/h4-6,13H,2-3,7-9H2,1H3. The van der Waals surface area contributed by atoms with Crippen molar-refractivity contribution < 1.29 is 0 Å². The number of hydrogen-bond donors (Lipinski definition) is 1. The maximum Gasteiger partial charge on any atom is 0.0140 e. The van der Waals surface area contributed by atoms with Gasteiger partial charge in [0.1, 0.15) is 0 Å². The van der Waals surface area contributed by atoms with Crippen molar-refractivity contribution in [3.8, 4) is 0 Å². The molecule has 2 rings (SSSR count). The maximum atomic E-state index is 3.35. The van der Waals surface area contributed by atoms with Crippen LogP contribution in [0.2, 0.25) is 0 Å². The normalized spacial score (nSPS) is 23.3. The lowest BCUT2D eigenvalue weighted by Gasteiger charge is -2.20. The van der Waals surface area contributed by atoms with Crippen molar-refractivity contribution in [2.24, 2.45) is 0 Å². The average Bonchev–Trinajstić information content (AvgIpc) is 2.20. The minimum absolute atomic E-state index is 1.04. The van der Waals surface area contributed by atoms with Crippen LogP contribution in [0.25, 0.3) is 0 Å². The fourth-order valence-corrected chi connectivity index (χ4v) is 2.05. The van der Waals surface area contributed by atoms with Crippen LogP contribution in [0.15, 0.2) is 34.9 Å². The van der Waals surface area contributed by atoms with Crippen LogP contribution in [-0.4, -0.2) is 13.1 Å². The Morgan fingerprint density at radius 2 is 2.00 bits per heavy atom. The van der Waals surface area contributed by atoms with Crippen LogP contribution in [0.1, 0.15) is 26.2 Å². The molecule has 70 valence electrons. The van der Waals surface area contributed by atoms with Gasteiger partial charge in [-0.15, -0.1) is 0 Å². The van der Waals surface area contributed by atoms with Crippen molar-refractivity contribution in [1.29, 1.82) is 0 Å². The summed E-state index contributed by atoms with van der Waals surface area (Å²) in [6.45, 7) is 4.41. The Hall–Kier alpha value is -0.820. The molecule has 1 N–H and O–H groups in total. The second-order valence-corrected chi connectivity index (χ2v) is 3.77. The molecule has 13 heavy (non-hydrogen) atoms. The number of rotatable bonds is 1. The summed E-state index contributed by atoms with van der Waals surface area (Å²) in [4.78, 5) is 0. The SMILES string of the molecule is CC1=CCCC=C1C1=CCNCC1. The average molecular weight is 175 g/mol. The number of allylic oxidation sites excluding steroid dienone is 4. The monoisotopic (exact) mass is 175 g/mol. The van der Waals surface area contributed by atoms with Crippen molar-refractivity contribution >= 4 is 0 Å². The van der Waals surface area contributed by atoms with Gasteiger partial charge in [-0.3, -0.25) is 0 Å². The molecule has 0 amide bonds. The molecular formula is C12H17N. The molecule has 0 saturated heterocycles. The van der Waals surface area contributed by atoms with Crippen molar-refractivity contribution in [1.82, 2.24) is 5.32 Å². The molecule has 1 aliphatic carbocycles. The van der Waals surface area contributed by atoms with E-state index in [0.29, 0.717) is 0 Å². The van der Waals surface area contributed by atoms with E-state index in [1.54, 1.807) is 5.57 Å². The maximum absolute atomic E-state index is 3.35. The number of hydrogen-bond acceptors (Lipinski definition) is 1. The number of nitrogens with one attached hydrogen (secondary N) is 1. The van der Waals surface area contributed by atoms with Crippen LogP contribution in [0.3, 0.4) is 0 Å². The van der Waals surface area contributed by atoms with Crippen LogP contribution in [0.4, 0.5) is 0 Å². The van der Waals surface area contributed by atoms with Gasteiger partial charge in [-0.1, -0.05) is 18.2 Å². The minimum Gasteiger partial charge on any atom is -0.313 e. The molecule has 0 aromatic carbocycles. The quantitative estimate of drug-likeness (QED) is 0.646. The Kier molecular flexibility index (Phi) is 2.65. The van der Waals surface area contributed by atoms with E-state index >= 15 is 0 Å². The van der Waals surface area contributed by atoms with E-state index in [9.17, 15) is 0 Å². The molecule has 0 bridgehead atoms. The van der Waals surface area contributed by atoms with Crippen LogP contribution < -0.4 is 5.32 Å². The molecule has 0 fully saturated rings. The molecule has 0 aromatic rings. The van der Waals surface area contributed by atoms with E-state index in [0.717, 1.165) is 13.1 Å². The summed E-state index contributed by atoms with van der Waals surface area (Å²) < 4.78 is 0. The molecule has 1 heteroatoms. The first-order chi connectivity index (χ1) is 6.38. The first kappa shape index (κ1) is 8.76. The summed E-state index contributed by atoms with van der Waals surface area (Å²) in [5.74, 6) is 0. The lowest BCUT2D eigenvalue weighted by molar-refractivity contribution is 0.706. The topological polar surface area (TPSA) is 12.0 Å². The predicted molar refractivity (Wildman–Crippen MR) is 56.6 cm³/mol. The third kappa shape index (κ3) is 1.92. The molecule has 0 unspecified atom stereocenters. The van der Waals surface area contributed by atoms with Crippen molar-refractivity contribution in [3.05, 3.63) is 34.9 Å². The van der Waals surface area contributed by atoms with Crippen molar-refractivity contribution in [2.45, 2.75) is 26.2 Å². The molecule has 0 spiro atoms. The summed E-state index contributed by atoms with van der Waals surface area (Å²) in [6, 6.07) is 0. The molecule has 0 atom stereocenters. The fraction of sp³-hybridized carbons (Fsp3) is 0.500. The minimum atomic E-state index is 1.04. The van der Waals surface area contributed by atoms with E-state index in [2.05, 4.69) is 30.5 Å². The predicted octanol–water partition coefficient (Wildman–Crippen LogP) is 2.57. The Morgan fingerprint density at radius 1 is 1.15 bits per heavy atom. The molecule has 0 radical (unpaired) electrons. The van der Waals surface area contributed by atoms with E-state index in [1.807, 2.05) is 0 Å². The second-order valence-electron chi connectivity index (χ2n) is 3.77. The highest BCUT2D eigenvalue weighted by Gasteiger charge is 2.11. The lowest BCUT2D eigenvalue weighted by atomic mass is 9.90. The Balaban J connectivity index is 2.19. The zero-order valence-electron chi connectivity index (χ0n) is 8.27. The largest absolute Gasteiger partial charge is 0.313 e. The van der Waals surface area contributed by atoms with E-state index in [1.165, 1.54) is 30.4 Å². The first-order valence-corrected chi connectivity index (χ1v) is 5.15. The zero-order valence-corrected chi connectivity index (χ0v) is 8.27. The highest BCUT2D eigenvalue weighted by atomic mass is 14.8. The Morgan fingerprint density at radius 3 is 2.69 bits per heavy atom. The molecule has 2 aliphatic rings. The van der Waals surface area contributed by atoms with Gasteiger partial charge in [0.25, 0.3) is 0 Å². The smallest absolute Gasteiger partial charge is 0.0140 e. The van der Waals surface area contributed by atoms with Gasteiger partial charge in [-0.2, -0.15) is 0 Å². The van der Waals surface area contributed by atoms with Gasteiger partial charge in [0, 0.05) is 6.54 Å². The summed E-state index contributed by atoms with van der Waals surface area (Å²) in [5, 5.41) is 3.35. The second kappa shape index (κ2) is 3.93. The summed E-state index contributed by atoms with van der Waals surface area (Å²) in [6.07, 6.45) is 10.7. The van der Waals surface area contributed by atoms with Gasteiger partial charge in [0.2, 0.25) is 0 Å². The van der Waals surface area contributed by atoms with Crippen molar-refractivity contribution in [2.75, 3.05) is 13.1 Å². The van der Waals surface area contributed by atoms with Gasteiger partial charge < -0.3 is 5.32 Å². The summed E-state index contributed by atoms with van der Waals surface area (Å²) in [7, 11) is 0. The third-order valence-electron chi connectivity index (χ3n) is 2.80. The van der Waals surface area contributed by atoms with E-state index < -0.39 is 0 Å². The first-order valence-electron chi connectivity index (χ1n) is 5.15. The lowest BCUT2D eigenvalue weighted by Crippen LogP contribution is -2.21. The zero-order chi connectivity index (χ0) is 9.10. The Labute approximate surface area is 80.2 Å². The summed E-state index contributed by atoms with van der Waals surface area (Å²) >= 11 is 0. The molecule has 1 nitrogen and oxygen atoms in total. The molecule has 0 aromatic heterocycles. The van der Waals surface area contributed by atoms with E-state index in [4.69, 9.17) is 0 Å². The van der Waals surface area contributed by atoms with E-state index in [-0.39, 0.29) is 0 Å². The molecular weight excluding hydrogens is 158 g/mol. The van der Waals surface area contributed by atoms with Gasteiger partial charge >= 0.3 is 0 Å². The van der Waals surface area contributed by atoms with Crippen LogP contribution in [0.5, 0.6) is 0 Å². The highest BCUT2D eigenvalue weighted by Crippen LogP contribution is 2.27. The van der Waals surface area contributed by atoms with Gasteiger partial charge in [0.15, 0.2) is 0 Å². The Bertz CT molecular complexity index is 281. The fourth-order valence-electron chi connectivity index (χ4n) is 2.05. The van der Waals surface area contributed by atoms with Gasteiger partial charge in [0.05, 0.1) is 0 Å². The van der Waals surface area contributed by atoms with Gasteiger partial charge in [-0.05, 0) is 49.5 Å². The molecule has 0 saturated carbocycles. The summed E-state index contributed by atoms with van der Waals surface area (Å²) in [5.41, 5.74) is 4.53. The molecule has 1 heterocycles. The molecule has 1 aliphatic heterocycles. The van der Waals surface area contributed by atoms with Crippen LogP contribution >= 0.6 is 0 Å². The van der Waals surface area contributed by atoms with Crippen LogP contribution in [-0.2, 0) is 0 Å².